The first-order valence-electron chi connectivity index (χ1n) is 8.40. The molecule has 1 N–H and O–H groups in total. The fourth-order valence-electron chi connectivity index (χ4n) is 3.65. The van der Waals surface area contributed by atoms with Crippen molar-refractivity contribution in [1.29, 1.82) is 0 Å². The van der Waals surface area contributed by atoms with Gasteiger partial charge in [-0.1, -0.05) is 23.9 Å². The number of likely N-dealkylation sites (tertiary alicyclic amines) is 1. The highest BCUT2D eigenvalue weighted by atomic mass is 32.2. The molecular formula is C17H21N5OS. The summed E-state index contributed by atoms with van der Waals surface area (Å²) in [5.41, 5.74) is 1.94. The lowest BCUT2D eigenvalue weighted by Gasteiger charge is -2.39. The molecule has 0 unspecified atom stereocenters. The van der Waals surface area contributed by atoms with Gasteiger partial charge in [0.1, 0.15) is 0 Å². The van der Waals surface area contributed by atoms with Gasteiger partial charge >= 0.3 is 0 Å². The molecule has 1 aliphatic heterocycles. The Kier molecular flexibility index (Phi) is 3.96. The van der Waals surface area contributed by atoms with Crippen LogP contribution in [0.2, 0.25) is 0 Å². The second kappa shape index (κ2) is 6.12. The molecule has 1 fully saturated rings. The first-order chi connectivity index (χ1) is 11.6. The Balaban J connectivity index is 1.55. The SMILES string of the molecule is C[C@@H]1CCC[C@@H](C)N1C(=O)CSc1n[nH]c2nc3ccccc3n12. The lowest BCUT2D eigenvalue weighted by atomic mass is 9.98. The zero-order valence-corrected chi connectivity index (χ0v) is 14.7. The molecule has 0 saturated carbocycles. The number of carbonyl (C=O) groups excluding carboxylic acids is 1. The van der Waals surface area contributed by atoms with Crippen molar-refractivity contribution in [2.75, 3.05) is 5.75 Å². The normalized spacial score (nSPS) is 21.7. The van der Waals surface area contributed by atoms with Crippen LogP contribution in [0, 0.1) is 0 Å². The summed E-state index contributed by atoms with van der Waals surface area (Å²) in [5.74, 6) is 1.31. The molecule has 1 saturated heterocycles. The minimum Gasteiger partial charge on any atom is -0.337 e. The number of imidazole rings is 1. The molecule has 3 heterocycles. The molecular weight excluding hydrogens is 322 g/mol. The van der Waals surface area contributed by atoms with Crippen molar-refractivity contribution in [2.45, 2.75) is 50.4 Å². The standard InChI is InChI=1S/C17H21N5OS/c1-11-6-5-7-12(2)21(11)15(23)10-24-17-20-19-16-18-13-8-3-4-9-14(13)22(16)17/h3-4,8-9,11-12H,5-7,10H2,1-2H3,(H,18,19)/t11-,12-/m1/s1. The molecule has 126 valence electrons. The number of para-hydroxylation sites is 2. The van der Waals surface area contributed by atoms with Crippen LogP contribution in [0.15, 0.2) is 29.4 Å². The Hall–Kier alpha value is -2.02. The van der Waals surface area contributed by atoms with Crippen molar-refractivity contribution in [1.82, 2.24) is 24.5 Å². The van der Waals surface area contributed by atoms with E-state index < -0.39 is 0 Å². The minimum atomic E-state index is 0.195. The molecule has 0 aliphatic carbocycles. The van der Waals surface area contributed by atoms with E-state index in [1.807, 2.05) is 33.6 Å². The quantitative estimate of drug-likeness (QED) is 0.742. The number of nitrogens with one attached hydrogen (secondary N) is 1. The number of carbonyl (C=O) groups is 1. The molecule has 0 radical (unpaired) electrons. The first kappa shape index (κ1) is 15.5. The number of aromatic amines is 1. The van der Waals surface area contributed by atoms with Gasteiger partial charge in [-0.3, -0.25) is 9.20 Å². The van der Waals surface area contributed by atoms with Crippen molar-refractivity contribution in [3.05, 3.63) is 24.3 Å². The number of amides is 1. The van der Waals surface area contributed by atoms with Gasteiger partial charge in [0.15, 0.2) is 5.16 Å². The summed E-state index contributed by atoms with van der Waals surface area (Å²) in [6, 6.07) is 8.61. The highest BCUT2D eigenvalue weighted by molar-refractivity contribution is 7.99. The van der Waals surface area contributed by atoms with Crippen LogP contribution in [-0.4, -0.2) is 48.2 Å². The molecule has 24 heavy (non-hydrogen) atoms. The fraction of sp³-hybridized carbons (Fsp3) is 0.471. The van der Waals surface area contributed by atoms with Gasteiger partial charge in [0, 0.05) is 12.1 Å². The lowest BCUT2D eigenvalue weighted by Crippen LogP contribution is -2.48. The third-order valence-electron chi connectivity index (χ3n) is 4.81. The van der Waals surface area contributed by atoms with Crippen molar-refractivity contribution in [3.8, 4) is 0 Å². The van der Waals surface area contributed by atoms with Crippen molar-refractivity contribution < 1.29 is 4.79 Å². The van der Waals surface area contributed by atoms with E-state index in [4.69, 9.17) is 0 Å². The number of benzene rings is 1. The first-order valence-corrected chi connectivity index (χ1v) is 9.39. The number of fused-ring (bicyclic) bond motifs is 3. The molecule has 4 rings (SSSR count). The lowest BCUT2D eigenvalue weighted by molar-refractivity contribution is -0.134. The van der Waals surface area contributed by atoms with Crippen LogP contribution < -0.4 is 0 Å². The molecule has 3 aromatic rings. The predicted molar refractivity (Wildman–Crippen MR) is 95.2 cm³/mol. The summed E-state index contributed by atoms with van der Waals surface area (Å²) in [6.45, 7) is 4.29. The van der Waals surface area contributed by atoms with E-state index >= 15 is 0 Å². The minimum absolute atomic E-state index is 0.195. The van der Waals surface area contributed by atoms with Crippen molar-refractivity contribution >= 4 is 34.5 Å². The highest BCUT2D eigenvalue weighted by Gasteiger charge is 2.29. The molecule has 1 amide bonds. The zero-order valence-electron chi connectivity index (χ0n) is 13.9. The number of piperidine rings is 1. The van der Waals surface area contributed by atoms with Gasteiger partial charge in [0.25, 0.3) is 0 Å². The van der Waals surface area contributed by atoms with E-state index in [2.05, 4.69) is 29.0 Å². The number of nitrogens with zero attached hydrogens (tertiary/aromatic N) is 4. The number of H-pyrrole nitrogens is 1. The number of hydrogen-bond donors (Lipinski definition) is 1. The Morgan fingerprint density at radius 1 is 1.29 bits per heavy atom. The molecule has 0 spiro atoms. The maximum atomic E-state index is 12.7. The molecule has 7 heteroatoms. The van der Waals surface area contributed by atoms with Crippen LogP contribution in [0.25, 0.3) is 16.8 Å². The second-order valence-corrected chi connectivity index (χ2v) is 7.43. The Morgan fingerprint density at radius 3 is 2.83 bits per heavy atom. The summed E-state index contributed by atoms with van der Waals surface area (Å²) in [5, 5.41) is 8.06. The van der Waals surface area contributed by atoms with Gasteiger partial charge in [-0.15, -0.1) is 5.10 Å². The number of hydrogen-bond acceptors (Lipinski definition) is 4. The van der Waals surface area contributed by atoms with Crippen LogP contribution in [0.4, 0.5) is 0 Å². The van der Waals surface area contributed by atoms with Gasteiger partial charge in [-0.2, -0.15) is 0 Å². The van der Waals surface area contributed by atoms with E-state index in [1.54, 1.807) is 0 Å². The van der Waals surface area contributed by atoms with Crippen LogP contribution in [0.5, 0.6) is 0 Å². The summed E-state index contributed by atoms with van der Waals surface area (Å²) < 4.78 is 1.98. The predicted octanol–water partition coefficient (Wildman–Crippen LogP) is 3.09. The second-order valence-electron chi connectivity index (χ2n) is 6.48. The molecule has 1 aliphatic rings. The van der Waals surface area contributed by atoms with Crippen LogP contribution >= 0.6 is 11.8 Å². The average molecular weight is 343 g/mol. The number of aromatic nitrogens is 4. The van der Waals surface area contributed by atoms with E-state index in [0.717, 1.165) is 29.0 Å². The molecule has 2 atom stereocenters. The maximum Gasteiger partial charge on any atom is 0.233 e. The van der Waals surface area contributed by atoms with Gasteiger partial charge in [0.05, 0.1) is 16.8 Å². The van der Waals surface area contributed by atoms with Gasteiger partial charge < -0.3 is 4.90 Å². The number of rotatable bonds is 3. The third kappa shape index (κ3) is 2.56. The topological polar surface area (TPSA) is 66.3 Å². The summed E-state index contributed by atoms with van der Waals surface area (Å²) in [6.07, 6.45) is 3.40. The zero-order chi connectivity index (χ0) is 16.7. The summed E-state index contributed by atoms with van der Waals surface area (Å²) in [4.78, 5) is 19.3. The Morgan fingerprint density at radius 2 is 2.04 bits per heavy atom. The van der Waals surface area contributed by atoms with Crippen LogP contribution in [0.1, 0.15) is 33.1 Å². The van der Waals surface area contributed by atoms with Gasteiger partial charge in [0.2, 0.25) is 11.7 Å². The molecule has 1 aromatic carbocycles. The molecule has 6 nitrogen and oxygen atoms in total. The van der Waals surface area contributed by atoms with E-state index in [1.165, 1.54) is 18.2 Å². The average Bonchev–Trinajstić information content (AvgIpc) is 3.12. The van der Waals surface area contributed by atoms with E-state index in [0.29, 0.717) is 23.6 Å². The smallest absolute Gasteiger partial charge is 0.233 e. The Bertz CT molecular complexity index is 876. The van der Waals surface area contributed by atoms with Gasteiger partial charge in [-0.05, 0) is 45.2 Å². The van der Waals surface area contributed by atoms with E-state index in [9.17, 15) is 4.79 Å². The Labute approximate surface area is 144 Å². The van der Waals surface area contributed by atoms with Crippen LogP contribution in [-0.2, 0) is 4.79 Å². The van der Waals surface area contributed by atoms with Crippen LogP contribution in [0.3, 0.4) is 0 Å². The third-order valence-corrected chi connectivity index (χ3v) is 5.73. The van der Waals surface area contributed by atoms with Gasteiger partial charge in [-0.25, -0.2) is 10.1 Å². The summed E-state index contributed by atoms with van der Waals surface area (Å²) >= 11 is 1.47. The molecule has 0 bridgehead atoms. The maximum absolute atomic E-state index is 12.7. The monoisotopic (exact) mass is 343 g/mol. The summed E-state index contributed by atoms with van der Waals surface area (Å²) in [7, 11) is 0. The van der Waals surface area contributed by atoms with E-state index in [-0.39, 0.29) is 5.91 Å². The van der Waals surface area contributed by atoms with Crippen molar-refractivity contribution in [2.24, 2.45) is 0 Å². The largest absolute Gasteiger partial charge is 0.337 e. The highest BCUT2D eigenvalue weighted by Crippen LogP contribution is 2.26. The molecule has 2 aromatic heterocycles. The fourth-order valence-corrected chi connectivity index (χ4v) is 4.48. The van der Waals surface area contributed by atoms with Crippen molar-refractivity contribution in [3.63, 3.8) is 0 Å². The number of thioether (sulfide) groups is 1.